The van der Waals surface area contributed by atoms with E-state index in [9.17, 15) is 14.4 Å². The average molecular weight is 447 g/mol. The number of benzene rings is 3. The molecular formula is C25H22N2O4S. The second-order valence-corrected chi connectivity index (χ2v) is 8.53. The lowest BCUT2D eigenvalue weighted by atomic mass is 10.0. The van der Waals surface area contributed by atoms with E-state index in [0.29, 0.717) is 5.69 Å². The Hall–Kier alpha value is -3.58. The molecule has 3 aromatic carbocycles. The lowest BCUT2D eigenvalue weighted by Crippen LogP contribution is -2.36. The van der Waals surface area contributed by atoms with E-state index in [4.69, 9.17) is 4.74 Å². The molecule has 0 spiro atoms. The van der Waals surface area contributed by atoms with E-state index in [0.717, 1.165) is 49.9 Å². The van der Waals surface area contributed by atoms with E-state index < -0.39 is 17.1 Å². The molecule has 0 radical (unpaired) electrons. The van der Waals surface area contributed by atoms with Crippen LogP contribution in [0.25, 0.3) is 16.8 Å². The monoisotopic (exact) mass is 446 g/mol. The molecule has 0 aromatic heterocycles. The second kappa shape index (κ2) is 8.88. The lowest BCUT2D eigenvalue weighted by Gasteiger charge is -2.14. The highest BCUT2D eigenvalue weighted by Crippen LogP contribution is 2.35. The molecule has 0 unspecified atom stereocenters. The number of thioether (sulfide) groups is 1. The Labute approximate surface area is 190 Å². The van der Waals surface area contributed by atoms with Crippen LogP contribution in [0, 0.1) is 13.8 Å². The Morgan fingerprint density at radius 2 is 1.81 bits per heavy atom. The Morgan fingerprint density at radius 1 is 1.06 bits per heavy atom. The van der Waals surface area contributed by atoms with Gasteiger partial charge in [-0.2, -0.15) is 0 Å². The predicted molar refractivity (Wildman–Crippen MR) is 128 cm³/mol. The van der Waals surface area contributed by atoms with Crippen molar-refractivity contribution in [2.75, 3.05) is 19.0 Å². The molecule has 1 aliphatic rings. The number of carbonyl (C=O) groups is 3. The van der Waals surface area contributed by atoms with Crippen LogP contribution in [0.4, 0.5) is 10.5 Å². The quantitative estimate of drug-likeness (QED) is 0.549. The van der Waals surface area contributed by atoms with Gasteiger partial charge in [0.05, 0.1) is 12.0 Å². The summed E-state index contributed by atoms with van der Waals surface area (Å²) in [4.78, 5) is 39.2. The van der Waals surface area contributed by atoms with Gasteiger partial charge in [0.25, 0.3) is 11.1 Å². The molecule has 0 bridgehead atoms. The summed E-state index contributed by atoms with van der Waals surface area (Å²) in [5.74, 6) is -0.165. The largest absolute Gasteiger partial charge is 0.496 e. The Morgan fingerprint density at radius 3 is 2.56 bits per heavy atom. The SMILES string of the molecule is COc1ccc(/C=C2/SC(=O)N(CC(=O)Nc3cc(C)ccc3C)C2=O)c2ccccc12. The lowest BCUT2D eigenvalue weighted by molar-refractivity contribution is -0.127. The normalized spacial score (nSPS) is 15.0. The zero-order valence-electron chi connectivity index (χ0n) is 18.0. The number of aryl methyl sites for hydroxylation is 2. The van der Waals surface area contributed by atoms with Crippen LogP contribution in [0.1, 0.15) is 16.7 Å². The van der Waals surface area contributed by atoms with Crippen LogP contribution in [0.2, 0.25) is 0 Å². The molecule has 0 saturated carbocycles. The molecular weight excluding hydrogens is 424 g/mol. The third-order valence-electron chi connectivity index (χ3n) is 5.27. The number of nitrogens with zero attached hydrogens (tertiary/aromatic N) is 1. The second-order valence-electron chi connectivity index (χ2n) is 7.54. The first-order chi connectivity index (χ1) is 15.4. The number of amides is 3. The minimum atomic E-state index is -0.476. The van der Waals surface area contributed by atoms with Gasteiger partial charge < -0.3 is 10.1 Å². The summed E-state index contributed by atoms with van der Waals surface area (Å²) in [6.07, 6.45) is 1.69. The maximum Gasteiger partial charge on any atom is 0.294 e. The Kier molecular flexibility index (Phi) is 6.01. The highest BCUT2D eigenvalue weighted by molar-refractivity contribution is 8.18. The van der Waals surface area contributed by atoms with Crippen LogP contribution in [-0.4, -0.2) is 35.6 Å². The number of fused-ring (bicyclic) bond motifs is 1. The molecule has 1 aliphatic heterocycles. The van der Waals surface area contributed by atoms with Gasteiger partial charge in [-0.3, -0.25) is 19.3 Å². The van der Waals surface area contributed by atoms with Crippen LogP contribution >= 0.6 is 11.8 Å². The fraction of sp³-hybridized carbons (Fsp3) is 0.160. The van der Waals surface area contributed by atoms with E-state index in [-0.39, 0.29) is 11.4 Å². The van der Waals surface area contributed by atoms with Gasteiger partial charge in [-0.15, -0.1) is 0 Å². The fourth-order valence-electron chi connectivity index (χ4n) is 3.58. The molecule has 0 aliphatic carbocycles. The van der Waals surface area contributed by atoms with Crippen molar-refractivity contribution in [2.24, 2.45) is 0 Å². The van der Waals surface area contributed by atoms with Crippen molar-refractivity contribution in [1.29, 1.82) is 0 Å². The standard InChI is InChI=1S/C25H22N2O4S/c1-15-8-9-16(2)20(12-15)26-23(28)14-27-24(29)22(32-25(27)30)13-17-10-11-21(31-3)19-7-5-4-6-18(17)19/h4-13H,14H2,1-3H3,(H,26,28)/b22-13+. The van der Waals surface area contributed by atoms with Gasteiger partial charge in [-0.1, -0.05) is 42.5 Å². The van der Waals surface area contributed by atoms with Crippen molar-refractivity contribution < 1.29 is 19.1 Å². The molecule has 162 valence electrons. The Balaban J connectivity index is 1.56. The first kappa shape index (κ1) is 21.6. The first-order valence-electron chi connectivity index (χ1n) is 10.1. The molecule has 6 nitrogen and oxygen atoms in total. The van der Waals surface area contributed by atoms with Gasteiger partial charge in [0, 0.05) is 11.1 Å². The minimum Gasteiger partial charge on any atom is -0.496 e. The van der Waals surface area contributed by atoms with Gasteiger partial charge in [0.15, 0.2) is 0 Å². The van der Waals surface area contributed by atoms with Gasteiger partial charge in [-0.05, 0) is 65.9 Å². The summed E-state index contributed by atoms with van der Waals surface area (Å²) >= 11 is 0.836. The third kappa shape index (κ3) is 4.24. The van der Waals surface area contributed by atoms with E-state index in [2.05, 4.69) is 5.32 Å². The zero-order chi connectivity index (χ0) is 22.8. The van der Waals surface area contributed by atoms with E-state index in [1.807, 2.05) is 68.4 Å². The maximum atomic E-state index is 12.9. The number of hydrogen-bond donors (Lipinski definition) is 1. The third-order valence-corrected chi connectivity index (χ3v) is 6.17. The topological polar surface area (TPSA) is 75.7 Å². The van der Waals surface area contributed by atoms with Crippen LogP contribution in [-0.2, 0) is 9.59 Å². The molecule has 3 aromatic rings. The van der Waals surface area contributed by atoms with E-state index in [1.54, 1.807) is 13.2 Å². The molecule has 7 heteroatoms. The van der Waals surface area contributed by atoms with Crippen molar-refractivity contribution in [1.82, 2.24) is 4.90 Å². The smallest absolute Gasteiger partial charge is 0.294 e. The van der Waals surface area contributed by atoms with Crippen LogP contribution in [0.5, 0.6) is 5.75 Å². The zero-order valence-corrected chi connectivity index (χ0v) is 18.8. The molecule has 1 N–H and O–H groups in total. The first-order valence-corrected chi connectivity index (χ1v) is 10.9. The van der Waals surface area contributed by atoms with Crippen LogP contribution in [0.3, 0.4) is 0 Å². The number of carbonyl (C=O) groups excluding carboxylic acids is 3. The number of methoxy groups -OCH3 is 1. The molecule has 1 fully saturated rings. The molecule has 3 amide bonds. The number of ether oxygens (including phenoxy) is 1. The number of imide groups is 1. The Bertz CT molecular complexity index is 1280. The van der Waals surface area contributed by atoms with E-state index >= 15 is 0 Å². The molecule has 32 heavy (non-hydrogen) atoms. The van der Waals surface area contributed by atoms with Crippen molar-refractivity contribution in [2.45, 2.75) is 13.8 Å². The summed E-state index contributed by atoms with van der Waals surface area (Å²) < 4.78 is 5.42. The summed E-state index contributed by atoms with van der Waals surface area (Å²) in [7, 11) is 1.61. The van der Waals surface area contributed by atoms with Gasteiger partial charge in [0.1, 0.15) is 12.3 Å². The number of rotatable bonds is 5. The summed E-state index contributed by atoms with van der Waals surface area (Å²) in [5, 5.41) is 4.15. The molecule has 1 heterocycles. The summed E-state index contributed by atoms with van der Waals surface area (Å²) in [6, 6.07) is 17.1. The number of hydrogen-bond acceptors (Lipinski definition) is 5. The van der Waals surface area contributed by atoms with Gasteiger partial charge >= 0.3 is 0 Å². The molecule has 4 rings (SSSR count). The highest BCUT2D eigenvalue weighted by atomic mass is 32.2. The van der Waals surface area contributed by atoms with Gasteiger partial charge in [-0.25, -0.2) is 0 Å². The molecule has 0 atom stereocenters. The highest BCUT2D eigenvalue weighted by Gasteiger charge is 2.36. The van der Waals surface area contributed by atoms with Crippen molar-refractivity contribution in [3.63, 3.8) is 0 Å². The van der Waals surface area contributed by atoms with Crippen LogP contribution in [0.15, 0.2) is 59.5 Å². The maximum absolute atomic E-state index is 12.9. The van der Waals surface area contributed by atoms with Gasteiger partial charge in [0.2, 0.25) is 5.91 Å². The van der Waals surface area contributed by atoms with E-state index in [1.165, 1.54) is 0 Å². The minimum absolute atomic E-state index is 0.282. The summed E-state index contributed by atoms with van der Waals surface area (Å²) in [5.41, 5.74) is 3.38. The summed E-state index contributed by atoms with van der Waals surface area (Å²) in [6.45, 7) is 3.48. The van der Waals surface area contributed by atoms with Crippen molar-refractivity contribution in [3.05, 3.63) is 76.2 Å². The van der Waals surface area contributed by atoms with Crippen molar-refractivity contribution >= 4 is 51.4 Å². The molecule has 1 saturated heterocycles. The number of nitrogens with one attached hydrogen (secondary N) is 1. The average Bonchev–Trinajstić information content (AvgIpc) is 3.04. The fourth-order valence-corrected chi connectivity index (χ4v) is 4.41. The van der Waals surface area contributed by atoms with Crippen molar-refractivity contribution in [3.8, 4) is 5.75 Å². The predicted octanol–water partition coefficient (Wildman–Crippen LogP) is 5.14. The van der Waals surface area contributed by atoms with Crippen LogP contribution < -0.4 is 10.1 Å². The number of anilines is 1.